The molecule has 2 rings (SSSR count). The van der Waals surface area contributed by atoms with Gasteiger partial charge in [0.05, 0.1) is 7.11 Å². The average molecular weight is 296 g/mol. The van der Waals surface area contributed by atoms with E-state index in [9.17, 15) is 4.39 Å². The van der Waals surface area contributed by atoms with Gasteiger partial charge in [0.15, 0.2) is 11.6 Å². The highest BCUT2D eigenvalue weighted by molar-refractivity contribution is 6.29. The molecule has 0 aliphatic rings. The molecule has 0 unspecified atom stereocenters. The molecule has 4 nitrogen and oxygen atoms in total. The van der Waals surface area contributed by atoms with E-state index in [0.717, 1.165) is 12.8 Å². The third-order valence-electron chi connectivity index (χ3n) is 2.64. The predicted molar refractivity (Wildman–Crippen MR) is 77.3 cm³/mol. The number of methoxy groups -OCH3 is 1. The molecule has 2 aromatic rings. The molecular weight excluding hydrogens is 281 g/mol. The summed E-state index contributed by atoms with van der Waals surface area (Å²) < 4.78 is 18.5. The Morgan fingerprint density at radius 1 is 1.30 bits per heavy atom. The summed E-state index contributed by atoms with van der Waals surface area (Å²) in [6, 6.07) is 6.20. The second-order valence-corrected chi connectivity index (χ2v) is 4.60. The Bertz CT molecular complexity index is 607. The zero-order valence-corrected chi connectivity index (χ0v) is 12.0. The van der Waals surface area contributed by atoms with Gasteiger partial charge in [0.25, 0.3) is 0 Å². The standard InChI is InChI=1S/C14H15ClFN3O/c1-3-4-13-18-12(15)8-14(19-13)17-9-5-6-11(20-2)10(16)7-9/h5-8H,3-4H2,1-2H3,(H,17,18,19). The number of nitrogens with zero attached hydrogens (tertiary/aromatic N) is 2. The van der Waals surface area contributed by atoms with Crippen LogP contribution in [-0.2, 0) is 6.42 Å². The lowest BCUT2D eigenvalue weighted by molar-refractivity contribution is 0.386. The fourth-order valence-corrected chi connectivity index (χ4v) is 1.96. The topological polar surface area (TPSA) is 47.0 Å². The van der Waals surface area contributed by atoms with Gasteiger partial charge in [-0.25, -0.2) is 14.4 Å². The molecule has 0 saturated carbocycles. The molecule has 1 aromatic carbocycles. The number of aromatic nitrogens is 2. The summed E-state index contributed by atoms with van der Waals surface area (Å²) >= 11 is 5.95. The number of benzene rings is 1. The Labute approximate surface area is 122 Å². The van der Waals surface area contributed by atoms with E-state index >= 15 is 0 Å². The van der Waals surface area contributed by atoms with Crippen molar-refractivity contribution in [3.05, 3.63) is 41.1 Å². The van der Waals surface area contributed by atoms with Gasteiger partial charge >= 0.3 is 0 Å². The van der Waals surface area contributed by atoms with Crippen molar-refractivity contribution in [2.75, 3.05) is 12.4 Å². The maximum Gasteiger partial charge on any atom is 0.167 e. The predicted octanol–water partition coefficient (Wildman–Crippen LogP) is 3.97. The molecule has 0 spiro atoms. The second-order valence-electron chi connectivity index (χ2n) is 4.22. The summed E-state index contributed by atoms with van der Waals surface area (Å²) in [4.78, 5) is 8.46. The van der Waals surface area contributed by atoms with Gasteiger partial charge in [0, 0.05) is 24.2 Å². The lowest BCUT2D eigenvalue weighted by Crippen LogP contribution is -2.01. The third-order valence-corrected chi connectivity index (χ3v) is 2.83. The van der Waals surface area contributed by atoms with Crippen molar-refractivity contribution in [1.29, 1.82) is 0 Å². The quantitative estimate of drug-likeness (QED) is 0.848. The van der Waals surface area contributed by atoms with Crippen molar-refractivity contribution in [2.45, 2.75) is 19.8 Å². The summed E-state index contributed by atoms with van der Waals surface area (Å²) in [6.07, 6.45) is 1.67. The lowest BCUT2D eigenvalue weighted by atomic mass is 10.3. The Kier molecular flexibility index (Phi) is 4.74. The summed E-state index contributed by atoms with van der Waals surface area (Å²) in [7, 11) is 1.42. The smallest absolute Gasteiger partial charge is 0.167 e. The SMILES string of the molecule is CCCc1nc(Cl)cc(Nc2ccc(OC)c(F)c2)n1. The van der Waals surface area contributed by atoms with Crippen LogP contribution < -0.4 is 10.1 Å². The lowest BCUT2D eigenvalue weighted by Gasteiger charge is -2.09. The van der Waals surface area contributed by atoms with Crippen molar-refractivity contribution >= 4 is 23.1 Å². The maximum atomic E-state index is 13.6. The van der Waals surface area contributed by atoms with Crippen LogP contribution in [0.15, 0.2) is 24.3 Å². The van der Waals surface area contributed by atoms with E-state index < -0.39 is 5.82 Å². The minimum absolute atomic E-state index is 0.197. The first-order valence-electron chi connectivity index (χ1n) is 6.26. The summed E-state index contributed by atoms with van der Waals surface area (Å²) in [5.74, 6) is 0.962. The van der Waals surface area contributed by atoms with Crippen LogP contribution in [0.4, 0.5) is 15.9 Å². The highest BCUT2D eigenvalue weighted by Crippen LogP contribution is 2.23. The van der Waals surface area contributed by atoms with Gasteiger partial charge in [-0.1, -0.05) is 18.5 Å². The van der Waals surface area contributed by atoms with Gasteiger partial charge in [0.2, 0.25) is 0 Å². The van der Waals surface area contributed by atoms with Gasteiger partial charge < -0.3 is 10.1 Å². The van der Waals surface area contributed by atoms with E-state index in [1.807, 2.05) is 6.92 Å². The van der Waals surface area contributed by atoms with E-state index in [1.54, 1.807) is 18.2 Å². The minimum atomic E-state index is -0.438. The number of aryl methyl sites for hydroxylation is 1. The molecule has 0 aliphatic heterocycles. The van der Waals surface area contributed by atoms with Crippen molar-refractivity contribution in [3.63, 3.8) is 0 Å². The van der Waals surface area contributed by atoms with Crippen LogP contribution in [0.25, 0.3) is 0 Å². The zero-order chi connectivity index (χ0) is 14.5. The molecular formula is C14H15ClFN3O. The number of ether oxygens (including phenoxy) is 1. The van der Waals surface area contributed by atoms with E-state index in [4.69, 9.17) is 16.3 Å². The van der Waals surface area contributed by atoms with E-state index in [0.29, 0.717) is 22.5 Å². The molecule has 1 N–H and O–H groups in total. The van der Waals surface area contributed by atoms with Crippen LogP contribution in [0, 0.1) is 5.82 Å². The molecule has 0 amide bonds. The van der Waals surface area contributed by atoms with Crippen molar-refractivity contribution in [2.24, 2.45) is 0 Å². The largest absolute Gasteiger partial charge is 0.494 e. The number of hydrogen-bond acceptors (Lipinski definition) is 4. The second kappa shape index (κ2) is 6.52. The summed E-state index contributed by atoms with van der Waals surface area (Å²) in [5.41, 5.74) is 0.570. The molecule has 0 radical (unpaired) electrons. The molecule has 0 fully saturated rings. The van der Waals surface area contributed by atoms with Gasteiger partial charge in [-0.3, -0.25) is 0 Å². The summed E-state index contributed by atoms with van der Waals surface area (Å²) in [5, 5.41) is 3.37. The average Bonchev–Trinajstić information content (AvgIpc) is 2.38. The number of anilines is 2. The van der Waals surface area contributed by atoms with Crippen LogP contribution in [0.1, 0.15) is 19.2 Å². The van der Waals surface area contributed by atoms with E-state index in [1.165, 1.54) is 13.2 Å². The highest BCUT2D eigenvalue weighted by atomic mass is 35.5. The maximum absolute atomic E-state index is 13.6. The van der Waals surface area contributed by atoms with Crippen molar-refractivity contribution in [1.82, 2.24) is 9.97 Å². The van der Waals surface area contributed by atoms with Crippen LogP contribution in [0.3, 0.4) is 0 Å². The fraction of sp³-hybridized carbons (Fsp3) is 0.286. The van der Waals surface area contributed by atoms with Crippen LogP contribution in [0.5, 0.6) is 5.75 Å². The molecule has 1 aromatic heterocycles. The van der Waals surface area contributed by atoms with Crippen LogP contribution >= 0.6 is 11.6 Å². The van der Waals surface area contributed by atoms with E-state index in [-0.39, 0.29) is 5.75 Å². The Morgan fingerprint density at radius 2 is 2.10 bits per heavy atom. The number of hydrogen-bond donors (Lipinski definition) is 1. The Morgan fingerprint density at radius 3 is 2.75 bits per heavy atom. The third kappa shape index (κ3) is 3.57. The first-order chi connectivity index (χ1) is 9.62. The Hall–Kier alpha value is -1.88. The number of halogens is 2. The molecule has 20 heavy (non-hydrogen) atoms. The molecule has 106 valence electrons. The van der Waals surface area contributed by atoms with Gasteiger partial charge in [-0.15, -0.1) is 0 Å². The van der Waals surface area contributed by atoms with Gasteiger partial charge in [-0.05, 0) is 18.6 Å². The first kappa shape index (κ1) is 14.5. The van der Waals surface area contributed by atoms with E-state index in [2.05, 4.69) is 15.3 Å². The Balaban J connectivity index is 2.23. The van der Waals surface area contributed by atoms with Crippen LogP contribution in [-0.4, -0.2) is 17.1 Å². The zero-order valence-electron chi connectivity index (χ0n) is 11.3. The van der Waals surface area contributed by atoms with Crippen molar-refractivity contribution < 1.29 is 9.13 Å². The first-order valence-corrected chi connectivity index (χ1v) is 6.64. The van der Waals surface area contributed by atoms with Gasteiger partial charge in [0.1, 0.15) is 16.8 Å². The molecule has 0 bridgehead atoms. The fourth-order valence-electron chi connectivity index (χ4n) is 1.76. The summed E-state index contributed by atoms with van der Waals surface area (Å²) in [6.45, 7) is 2.04. The molecule has 6 heteroatoms. The van der Waals surface area contributed by atoms with Gasteiger partial charge in [-0.2, -0.15) is 0 Å². The monoisotopic (exact) mass is 295 g/mol. The molecule has 0 aliphatic carbocycles. The minimum Gasteiger partial charge on any atom is -0.494 e. The molecule has 1 heterocycles. The van der Waals surface area contributed by atoms with Crippen LogP contribution in [0.2, 0.25) is 5.15 Å². The number of rotatable bonds is 5. The number of nitrogens with one attached hydrogen (secondary N) is 1. The normalized spacial score (nSPS) is 10.4. The molecule has 0 atom stereocenters. The molecule has 0 saturated heterocycles. The highest BCUT2D eigenvalue weighted by Gasteiger charge is 2.06. The van der Waals surface area contributed by atoms with Crippen molar-refractivity contribution in [3.8, 4) is 5.75 Å².